The monoisotopic (exact) mass is 214 g/mol. The molecule has 0 aliphatic heterocycles. The molecule has 4 heteroatoms. The van der Waals surface area contributed by atoms with Crippen molar-refractivity contribution in [3.05, 3.63) is 0 Å². The van der Waals surface area contributed by atoms with Gasteiger partial charge in [0.1, 0.15) is 6.10 Å². The maximum atomic E-state index is 11.2. The standard InChI is InChI=1S/C11H22N2O2/c12-8-10(14)11(15)13-7-6-9-4-2-1-3-5-9/h9-10,14H,1-8,12H2,(H,13,15). The SMILES string of the molecule is NCC(O)C(=O)NCCC1CCCCC1. The molecule has 88 valence electrons. The van der Waals surface area contributed by atoms with Crippen LogP contribution in [0.4, 0.5) is 0 Å². The maximum Gasteiger partial charge on any atom is 0.250 e. The molecule has 1 saturated carbocycles. The first-order chi connectivity index (χ1) is 7.24. The lowest BCUT2D eigenvalue weighted by molar-refractivity contribution is -0.128. The minimum Gasteiger partial charge on any atom is -0.382 e. The first-order valence-corrected chi connectivity index (χ1v) is 5.90. The van der Waals surface area contributed by atoms with Gasteiger partial charge < -0.3 is 16.2 Å². The van der Waals surface area contributed by atoms with Gasteiger partial charge in [0.2, 0.25) is 5.91 Å². The Labute approximate surface area is 91.2 Å². The van der Waals surface area contributed by atoms with Crippen molar-refractivity contribution in [2.24, 2.45) is 11.7 Å². The third kappa shape index (κ3) is 4.62. The quantitative estimate of drug-likeness (QED) is 0.620. The first-order valence-electron chi connectivity index (χ1n) is 5.90. The first kappa shape index (κ1) is 12.5. The molecule has 4 N–H and O–H groups in total. The minimum atomic E-state index is -1.05. The molecule has 0 bridgehead atoms. The van der Waals surface area contributed by atoms with Crippen molar-refractivity contribution in [1.82, 2.24) is 5.32 Å². The second-order valence-electron chi connectivity index (χ2n) is 4.34. The van der Waals surface area contributed by atoms with Crippen LogP contribution in [0.25, 0.3) is 0 Å². The highest BCUT2D eigenvalue weighted by Crippen LogP contribution is 2.25. The molecule has 1 rings (SSSR count). The average molecular weight is 214 g/mol. The number of carbonyl (C=O) groups is 1. The number of rotatable bonds is 5. The number of nitrogens with one attached hydrogen (secondary N) is 1. The molecule has 0 aromatic heterocycles. The van der Waals surface area contributed by atoms with E-state index in [1.54, 1.807) is 0 Å². The minimum absolute atomic E-state index is 0.00470. The van der Waals surface area contributed by atoms with E-state index in [0.717, 1.165) is 12.3 Å². The largest absolute Gasteiger partial charge is 0.382 e. The summed E-state index contributed by atoms with van der Waals surface area (Å²) in [6, 6.07) is 0. The summed E-state index contributed by atoms with van der Waals surface area (Å²) in [5, 5.41) is 11.8. The number of carbonyl (C=O) groups excluding carboxylic acids is 1. The Morgan fingerprint density at radius 3 is 2.67 bits per heavy atom. The Kier molecular flexibility index (Phi) is 5.65. The lowest BCUT2D eigenvalue weighted by atomic mass is 9.87. The van der Waals surface area contributed by atoms with Crippen molar-refractivity contribution in [2.45, 2.75) is 44.6 Å². The van der Waals surface area contributed by atoms with Gasteiger partial charge in [0.25, 0.3) is 0 Å². The molecule has 1 aliphatic carbocycles. The molecule has 4 nitrogen and oxygen atoms in total. The average Bonchev–Trinajstić information content (AvgIpc) is 2.29. The summed E-state index contributed by atoms with van der Waals surface area (Å²) in [7, 11) is 0. The van der Waals surface area contributed by atoms with Crippen molar-refractivity contribution in [2.75, 3.05) is 13.1 Å². The van der Waals surface area contributed by atoms with Crippen LogP contribution < -0.4 is 11.1 Å². The summed E-state index contributed by atoms with van der Waals surface area (Å²) in [4.78, 5) is 11.2. The molecule has 1 fully saturated rings. The van der Waals surface area contributed by atoms with Gasteiger partial charge in [0, 0.05) is 13.1 Å². The molecule has 1 unspecified atom stereocenters. The summed E-state index contributed by atoms with van der Waals surface area (Å²) < 4.78 is 0. The number of hydrogen-bond acceptors (Lipinski definition) is 3. The van der Waals surface area contributed by atoms with Gasteiger partial charge in [-0.05, 0) is 12.3 Å². The van der Waals surface area contributed by atoms with E-state index in [9.17, 15) is 4.79 Å². The Morgan fingerprint density at radius 1 is 1.40 bits per heavy atom. The molecule has 1 atom stereocenters. The van der Waals surface area contributed by atoms with Gasteiger partial charge in [-0.2, -0.15) is 0 Å². The van der Waals surface area contributed by atoms with E-state index in [1.165, 1.54) is 32.1 Å². The smallest absolute Gasteiger partial charge is 0.250 e. The number of nitrogens with two attached hydrogens (primary N) is 1. The molecule has 1 aliphatic rings. The lowest BCUT2D eigenvalue weighted by Crippen LogP contribution is -2.39. The van der Waals surface area contributed by atoms with Crippen molar-refractivity contribution < 1.29 is 9.90 Å². The molecular formula is C11H22N2O2. The highest BCUT2D eigenvalue weighted by molar-refractivity contribution is 5.80. The van der Waals surface area contributed by atoms with Crippen LogP contribution >= 0.6 is 0 Å². The van der Waals surface area contributed by atoms with Gasteiger partial charge in [0.05, 0.1) is 0 Å². The third-order valence-electron chi connectivity index (χ3n) is 3.10. The predicted octanol–water partition coefficient (Wildman–Crippen LogP) is 0.393. The van der Waals surface area contributed by atoms with E-state index in [1.807, 2.05) is 0 Å². The van der Waals surface area contributed by atoms with Gasteiger partial charge >= 0.3 is 0 Å². The Balaban J connectivity index is 2.07. The van der Waals surface area contributed by atoms with Gasteiger partial charge in [-0.1, -0.05) is 32.1 Å². The fourth-order valence-corrected chi connectivity index (χ4v) is 2.10. The summed E-state index contributed by atoms with van der Waals surface area (Å²) in [6.45, 7) is 0.663. The zero-order valence-electron chi connectivity index (χ0n) is 9.24. The lowest BCUT2D eigenvalue weighted by Gasteiger charge is -2.21. The van der Waals surface area contributed by atoms with Crippen LogP contribution in [0.1, 0.15) is 38.5 Å². The van der Waals surface area contributed by atoms with Crippen molar-refractivity contribution in [1.29, 1.82) is 0 Å². The normalized spacial score (nSPS) is 19.9. The van der Waals surface area contributed by atoms with E-state index in [2.05, 4.69) is 5.32 Å². The topological polar surface area (TPSA) is 75.3 Å². The van der Waals surface area contributed by atoms with E-state index in [0.29, 0.717) is 6.54 Å². The van der Waals surface area contributed by atoms with Crippen LogP contribution in [0.15, 0.2) is 0 Å². The Hall–Kier alpha value is -0.610. The molecule has 0 spiro atoms. The maximum absolute atomic E-state index is 11.2. The van der Waals surface area contributed by atoms with E-state index >= 15 is 0 Å². The Morgan fingerprint density at radius 2 is 2.07 bits per heavy atom. The van der Waals surface area contributed by atoms with Gasteiger partial charge in [-0.15, -0.1) is 0 Å². The van der Waals surface area contributed by atoms with Crippen LogP contribution in [0.5, 0.6) is 0 Å². The summed E-state index contributed by atoms with van der Waals surface area (Å²) in [5.41, 5.74) is 5.18. The van der Waals surface area contributed by atoms with E-state index in [-0.39, 0.29) is 12.5 Å². The van der Waals surface area contributed by atoms with Crippen molar-refractivity contribution in [3.63, 3.8) is 0 Å². The van der Waals surface area contributed by atoms with Crippen molar-refractivity contribution >= 4 is 5.91 Å². The number of aliphatic hydroxyl groups is 1. The fraction of sp³-hybridized carbons (Fsp3) is 0.909. The molecular weight excluding hydrogens is 192 g/mol. The van der Waals surface area contributed by atoms with Crippen LogP contribution in [0.2, 0.25) is 0 Å². The highest BCUT2D eigenvalue weighted by atomic mass is 16.3. The molecule has 0 saturated heterocycles. The number of amides is 1. The third-order valence-corrected chi connectivity index (χ3v) is 3.10. The second-order valence-corrected chi connectivity index (χ2v) is 4.34. The zero-order valence-corrected chi connectivity index (χ0v) is 9.24. The molecule has 0 heterocycles. The molecule has 0 radical (unpaired) electrons. The number of aliphatic hydroxyl groups excluding tert-OH is 1. The molecule has 1 amide bonds. The van der Waals surface area contributed by atoms with E-state index < -0.39 is 6.10 Å². The fourth-order valence-electron chi connectivity index (χ4n) is 2.10. The Bertz CT molecular complexity index is 191. The summed E-state index contributed by atoms with van der Waals surface area (Å²) in [5.74, 6) is 0.419. The predicted molar refractivity (Wildman–Crippen MR) is 59.3 cm³/mol. The van der Waals surface area contributed by atoms with Gasteiger partial charge in [-0.3, -0.25) is 4.79 Å². The van der Waals surface area contributed by atoms with Gasteiger partial charge in [-0.25, -0.2) is 0 Å². The number of hydrogen-bond donors (Lipinski definition) is 3. The summed E-state index contributed by atoms with van der Waals surface area (Å²) in [6.07, 6.45) is 6.56. The van der Waals surface area contributed by atoms with Crippen LogP contribution in [0.3, 0.4) is 0 Å². The molecule has 0 aromatic rings. The van der Waals surface area contributed by atoms with Crippen LogP contribution in [-0.2, 0) is 4.79 Å². The van der Waals surface area contributed by atoms with E-state index in [4.69, 9.17) is 10.8 Å². The van der Waals surface area contributed by atoms with Crippen molar-refractivity contribution in [3.8, 4) is 0 Å². The molecule has 0 aromatic carbocycles. The highest BCUT2D eigenvalue weighted by Gasteiger charge is 2.15. The van der Waals surface area contributed by atoms with Crippen LogP contribution in [-0.4, -0.2) is 30.2 Å². The van der Waals surface area contributed by atoms with Crippen LogP contribution in [0, 0.1) is 5.92 Å². The summed E-state index contributed by atoms with van der Waals surface area (Å²) >= 11 is 0. The zero-order chi connectivity index (χ0) is 11.1. The molecule has 15 heavy (non-hydrogen) atoms. The second kappa shape index (κ2) is 6.80. The van der Waals surface area contributed by atoms with Gasteiger partial charge in [0.15, 0.2) is 0 Å².